The van der Waals surface area contributed by atoms with Gasteiger partial charge in [0.2, 0.25) is 0 Å². The highest BCUT2D eigenvalue weighted by Crippen LogP contribution is 2.37. The standard InChI is InChI=1S/C10H16N4O/c1-13-9(6-11-12-13)10(15)4-5-14(7-10)8-2-3-8/h6,8,15H,2-5,7H2,1H3. The van der Waals surface area contributed by atoms with Crippen molar-refractivity contribution in [3.63, 3.8) is 0 Å². The van der Waals surface area contributed by atoms with Crippen LogP contribution in [0.15, 0.2) is 6.20 Å². The zero-order valence-corrected chi connectivity index (χ0v) is 8.93. The fourth-order valence-electron chi connectivity index (χ4n) is 2.49. The first-order chi connectivity index (χ1) is 7.19. The summed E-state index contributed by atoms with van der Waals surface area (Å²) in [5, 5.41) is 18.2. The zero-order valence-electron chi connectivity index (χ0n) is 8.93. The van der Waals surface area contributed by atoms with E-state index in [1.165, 1.54) is 12.8 Å². The second-order valence-electron chi connectivity index (χ2n) is 4.73. The third-order valence-electron chi connectivity index (χ3n) is 3.53. The second kappa shape index (κ2) is 3.02. The van der Waals surface area contributed by atoms with E-state index in [2.05, 4.69) is 15.2 Å². The van der Waals surface area contributed by atoms with Crippen molar-refractivity contribution in [3.8, 4) is 0 Å². The molecule has 1 aromatic heterocycles. The first-order valence-corrected chi connectivity index (χ1v) is 5.51. The normalized spacial score (nSPS) is 32.4. The minimum absolute atomic E-state index is 0.722. The van der Waals surface area contributed by atoms with Crippen molar-refractivity contribution in [2.45, 2.75) is 30.9 Å². The molecule has 0 aromatic carbocycles. The summed E-state index contributed by atoms with van der Waals surface area (Å²) >= 11 is 0. The lowest BCUT2D eigenvalue weighted by molar-refractivity contribution is 0.0371. The molecular formula is C10H16N4O. The Kier molecular flexibility index (Phi) is 1.87. The molecule has 5 nitrogen and oxygen atoms in total. The summed E-state index contributed by atoms with van der Waals surface area (Å²) in [6, 6.07) is 0.722. The quantitative estimate of drug-likeness (QED) is 0.735. The molecule has 2 aliphatic rings. The smallest absolute Gasteiger partial charge is 0.122 e. The number of aromatic nitrogens is 3. The molecule has 15 heavy (non-hydrogen) atoms. The number of β-amino-alcohol motifs (C(OH)–C–C–N with tert-alkyl or cyclic N) is 1. The van der Waals surface area contributed by atoms with Crippen LogP contribution in [0.5, 0.6) is 0 Å². The molecule has 1 aliphatic heterocycles. The van der Waals surface area contributed by atoms with Crippen molar-refractivity contribution >= 4 is 0 Å². The van der Waals surface area contributed by atoms with Gasteiger partial charge in [-0.2, -0.15) is 0 Å². The lowest BCUT2D eigenvalue weighted by atomic mass is 10.00. The van der Waals surface area contributed by atoms with Crippen LogP contribution < -0.4 is 0 Å². The monoisotopic (exact) mass is 208 g/mol. The summed E-state index contributed by atoms with van der Waals surface area (Å²) in [6.45, 7) is 1.73. The molecule has 1 N–H and O–H groups in total. The van der Waals surface area contributed by atoms with E-state index in [9.17, 15) is 5.11 Å². The van der Waals surface area contributed by atoms with Gasteiger partial charge in [0.25, 0.3) is 0 Å². The Labute approximate surface area is 88.7 Å². The molecule has 1 saturated carbocycles. The average Bonchev–Trinajstić information content (AvgIpc) is 2.85. The van der Waals surface area contributed by atoms with Gasteiger partial charge in [-0.15, -0.1) is 5.10 Å². The summed E-state index contributed by atoms with van der Waals surface area (Å²) in [7, 11) is 1.83. The number of hydrogen-bond acceptors (Lipinski definition) is 4. The van der Waals surface area contributed by atoms with Crippen LogP contribution in [0.3, 0.4) is 0 Å². The lowest BCUT2D eigenvalue weighted by Gasteiger charge is -2.22. The van der Waals surface area contributed by atoms with Gasteiger partial charge in [0.15, 0.2) is 0 Å². The van der Waals surface area contributed by atoms with Crippen molar-refractivity contribution < 1.29 is 5.11 Å². The Bertz CT molecular complexity index is 373. The van der Waals surface area contributed by atoms with E-state index in [1.807, 2.05) is 7.05 Å². The molecule has 1 unspecified atom stereocenters. The van der Waals surface area contributed by atoms with Crippen LogP contribution in [-0.4, -0.2) is 44.1 Å². The fourth-order valence-corrected chi connectivity index (χ4v) is 2.49. The van der Waals surface area contributed by atoms with Gasteiger partial charge in [-0.25, -0.2) is 4.68 Å². The highest BCUT2D eigenvalue weighted by Gasteiger charge is 2.44. The maximum atomic E-state index is 10.5. The van der Waals surface area contributed by atoms with Crippen LogP contribution >= 0.6 is 0 Å². The molecule has 2 heterocycles. The van der Waals surface area contributed by atoms with Crippen LogP contribution in [0, 0.1) is 0 Å². The number of likely N-dealkylation sites (tertiary alicyclic amines) is 1. The topological polar surface area (TPSA) is 54.2 Å². The Hall–Kier alpha value is -0.940. The molecule has 0 amide bonds. The van der Waals surface area contributed by atoms with Gasteiger partial charge in [0, 0.05) is 26.2 Å². The molecule has 5 heteroatoms. The Morgan fingerprint density at radius 2 is 2.33 bits per heavy atom. The van der Waals surface area contributed by atoms with E-state index in [0.717, 1.165) is 31.2 Å². The third kappa shape index (κ3) is 1.46. The van der Waals surface area contributed by atoms with Gasteiger partial charge in [-0.05, 0) is 19.3 Å². The first-order valence-electron chi connectivity index (χ1n) is 5.51. The molecule has 0 bridgehead atoms. The van der Waals surface area contributed by atoms with Gasteiger partial charge in [0.05, 0.1) is 11.9 Å². The average molecular weight is 208 g/mol. The van der Waals surface area contributed by atoms with Gasteiger partial charge >= 0.3 is 0 Å². The minimum Gasteiger partial charge on any atom is -0.382 e. The summed E-state index contributed by atoms with van der Waals surface area (Å²) < 4.78 is 1.68. The predicted octanol–water partition coefficient (Wildman–Crippen LogP) is -0.129. The lowest BCUT2D eigenvalue weighted by Crippen LogP contribution is -2.33. The molecule has 0 spiro atoms. The van der Waals surface area contributed by atoms with Gasteiger partial charge in [-0.3, -0.25) is 4.90 Å². The predicted molar refractivity (Wildman–Crippen MR) is 54.1 cm³/mol. The van der Waals surface area contributed by atoms with Crippen LogP contribution in [0.2, 0.25) is 0 Å². The highest BCUT2D eigenvalue weighted by molar-refractivity contribution is 5.13. The maximum Gasteiger partial charge on any atom is 0.122 e. The number of aryl methyl sites for hydroxylation is 1. The first kappa shape index (κ1) is 9.30. The Morgan fingerprint density at radius 3 is 2.93 bits per heavy atom. The summed E-state index contributed by atoms with van der Waals surface area (Å²) in [6.07, 6.45) is 5.06. The Morgan fingerprint density at radius 1 is 1.53 bits per heavy atom. The minimum atomic E-state index is -0.735. The highest BCUT2D eigenvalue weighted by atomic mass is 16.3. The molecule has 1 atom stereocenters. The van der Waals surface area contributed by atoms with E-state index in [-0.39, 0.29) is 0 Å². The third-order valence-corrected chi connectivity index (χ3v) is 3.53. The molecule has 1 aliphatic carbocycles. The van der Waals surface area contributed by atoms with Crippen LogP contribution in [-0.2, 0) is 12.6 Å². The van der Waals surface area contributed by atoms with E-state index >= 15 is 0 Å². The summed E-state index contributed by atoms with van der Waals surface area (Å²) in [5.41, 5.74) is 0.103. The molecule has 2 fully saturated rings. The van der Waals surface area contributed by atoms with Crippen LogP contribution in [0.1, 0.15) is 25.0 Å². The van der Waals surface area contributed by atoms with E-state index in [4.69, 9.17) is 0 Å². The number of hydrogen-bond donors (Lipinski definition) is 1. The Balaban J connectivity index is 1.83. The fraction of sp³-hybridized carbons (Fsp3) is 0.800. The zero-order chi connectivity index (χ0) is 10.5. The van der Waals surface area contributed by atoms with Gasteiger partial charge in [-0.1, -0.05) is 5.21 Å². The van der Waals surface area contributed by atoms with Gasteiger partial charge in [0.1, 0.15) is 5.60 Å². The largest absolute Gasteiger partial charge is 0.382 e. The van der Waals surface area contributed by atoms with Crippen molar-refractivity contribution in [1.82, 2.24) is 19.9 Å². The molecular weight excluding hydrogens is 192 g/mol. The molecule has 3 rings (SSSR count). The molecule has 1 saturated heterocycles. The van der Waals surface area contributed by atoms with Crippen molar-refractivity contribution in [1.29, 1.82) is 0 Å². The van der Waals surface area contributed by atoms with Crippen molar-refractivity contribution in [2.24, 2.45) is 7.05 Å². The van der Waals surface area contributed by atoms with E-state index in [1.54, 1.807) is 10.9 Å². The van der Waals surface area contributed by atoms with E-state index < -0.39 is 5.60 Å². The number of nitrogens with zero attached hydrogens (tertiary/aromatic N) is 4. The van der Waals surface area contributed by atoms with Crippen LogP contribution in [0.4, 0.5) is 0 Å². The van der Waals surface area contributed by atoms with E-state index in [0.29, 0.717) is 0 Å². The SMILES string of the molecule is Cn1nncc1C1(O)CCN(C2CC2)C1. The number of rotatable bonds is 2. The summed E-state index contributed by atoms with van der Waals surface area (Å²) in [5.74, 6) is 0. The number of aliphatic hydroxyl groups is 1. The molecule has 1 aromatic rings. The second-order valence-corrected chi connectivity index (χ2v) is 4.73. The van der Waals surface area contributed by atoms with Gasteiger partial charge < -0.3 is 5.11 Å². The molecule has 0 radical (unpaired) electrons. The summed E-state index contributed by atoms with van der Waals surface area (Å²) in [4.78, 5) is 2.38. The van der Waals surface area contributed by atoms with Crippen molar-refractivity contribution in [2.75, 3.05) is 13.1 Å². The maximum absolute atomic E-state index is 10.5. The van der Waals surface area contributed by atoms with Crippen molar-refractivity contribution in [3.05, 3.63) is 11.9 Å². The molecule has 82 valence electrons. The van der Waals surface area contributed by atoms with Crippen LogP contribution in [0.25, 0.3) is 0 Å².